The number of H-pyrrole nitrogens is 1. The van der Waals surface area contributed by atoms with Crippen LogP contribution in [-0.4, -0.2) is 78.2 Å². The van der Waals surface area contributed by atoms with Gasteiger partial charge in [-0.15, -0.1) is 6.42 Å². The highest BCUT2D eigenvalue weighted by Crippen LogP contribution is 2.56. The maximum Gasteiger partial charge on any atom is 0.330 e. The van der Waals surface area contributed by atoms with Gasteiger partial charge >= 0.3 is 5.69 Å². The van der Waals surface area contributed by atoms with E-state index in [0.29, 0.717) is 11.5 Å². The molecule has 6 rings (SSSR count). The normalized spacial score (nSPS) is 20.9. The zero-order valence-electron chi connectivity index (χ0n) is 32.3. The summed E-state index contributed by atoms with van der Waals surface area (Å²) >= 11 is 0. The number of nitrogens with zero attached hydrogens (tertiary/aromatic N) is 3. The van der Waals surface area contributed by atoms with E-state index in [1.807, 2.05) is 107 Å². The van der Waals surface area contributed by atoms with Gasteiger partial charge in [-0.1, -0.05) is 60.5 Å². The summed E-state index contributed by atoms with van der Waals surface area (Å²) in [6.45, 7) is 8.27. The van der Waals surface area contributed by atoms with Gasteiger partial charge in [-0.05, 0) is 68.7 Å². The molecule has 14 heteroatoms. The molecule has 3 heterocycles. The van der Waals surface area contributed by atoms with Gasteiger partial charge in [0, 0.05) is 18.3 Å². The maximum absolute atomic E-state index is 13.4. The number of methoxy groups -OCH3 is 2. The van der Waals surface area contributed by atoms with Crippen molar-refractivity contribution in [2.24, 2.45) is 0 Å². The second-order valence-corrected chi connectivity index (χ2v) is 15.5. The zero-order valence-corrected chi connectivity index (χ0v) is 33.2. The Morgan fingerprint density at radius 1 is 0.964 bits per heavy atom. The van der Waals surface area contributed by atoms with E-state index in [1.165, 1.54) is 10.8 Å². The Hall–Kier alpha value is -4.82. The monoisotopic (exact) mass is 782 g/mol. The minimum Gasteiger partial charge on any atom is -0.497 e. The van der Waals surface area contributed by atoms with Crippen LogP contribution in [0.4, 0.5) is 0 Å². The van der Waals surface area contributed by atoms with Crippen LogP contribution in [0.15, 0.2) is 94.6 Å². The number of terminal acetylenes is 1. The van der Waals surface area contributed by atoms with Crippen molar-refractivity contribution in [3.05, 3.63) is 128 Å². The summed E-state index contributed by atoms with van der Waals surface area (Å²) in [5, 5.41) is 9.37. The summed E-state index contributed by atoms with van der Waals surface area (Å²) in [5.41, 5.74) is -1.56. The number of nitrogens with one attached hydrogen (secondary N) is 1. The number of ether oxygens (including phenoxy) is 5. The molecule has 2 saturated heterocycles. The second-order valence-electron chi connectivity index (χ2n) is 14.1. The number of aromatic amines is 1. The fourth-order valence-corrected chi connectivity index (χ4v) is 9.16. The molecular weight excluding hydrogens is 735 g/mol. The maximum atomic E-state index is 13.4. The first kappa shape index (κ1) is 40.8. The third-order valence-corrected chi connectivity index (χ3v) is 12.1. The summed E-state index contributed by atoms with van der Waals surface area (Å²) in [7, 11) is 1.42. The molecule has 56 heavy (non-hydrogen) atoms. The SMILES string of the molecule is C#Cc1cn([C@@H]2O[C@]3(COC(c4ccccc4)(c4ccc(OC)cc4)c4ccc(OC)cc4)CO[C@H]2[C@H]3OP(OCCC#N)N(C(C)C)C(C)C)c(=O)[nH]c1=O. The second kappa shape index (κ2) is 17.5. The molecule has 0 aliphatic carbocycles. The molecule has 2 aliphatic rings. The number of benzene rings is 3. The Kier molecular flexibility index (Phi) is 12.8. The van der Waals surface area contributed by atoms with E-state index in [1.54, 1.807) is 14.2 Å². The van der Waals surface area contributed by atoms with Crippen LogP contribution in [0.25, 0.3) is 0 Å². The number of aromatic nitrogens is 2. The van der Waals surface area contributed by atoms with Gasteiger partial charge in [-0.2, -0.15) is 5.26 Å². The Morgan fingerprint density at radius 2 is 1.55 bits per heavy atom. The highest BCUT2D eigenvalue weighted by atomic mass is 31.2. The number of fused-ring (bicyclic) bond motifs is 2. The lowest BCUT2D eigenvalue weighted by Crippen LogP contribution is -2.49. The lowest BCUT2D eigenvalue weighted by atomic mass is 9.79. The minimum absolute atomic E-state index is 0.00275. The van der Waals surface area contributed by atoms with Crippen LogP contribution < -0.4 is 20.7 Å². The molecule has 1 unspecified atom stereocenters. The first-order chi connectivity index (χ1) is 27.0. The highest BCUT2D eigenvalue weighted by molar-refractivity contribution is 7.44. The third kappa shape index (κ3) is 7.90. The lowest BCUT2D eigenvalue weighted by molar-refractivity contribution is -0.203. The van der Waals surface area contributed by atoms with E-state index in [2.05, 4.69) is 21.6 Å². The van der Waals surface area contributed by atoms with E-state index in [-0.39, 0.29) is 43.9 Å². The van der Waals surface area contributed by atoms with Crippen molar-refractivity contribution in [1.29, 1.82) is 5.26 Å². The van der Waals surface area contributed by atoms with E-state index < -0.39 is 49.4 Å². The van der Waals surface area contributed by atoms with Gasteiger partial charge in [0.15, 0.2) is 6.23 Å². The molecule has 5 atom stereocenters. The molecular formula is C42H47N4O9P. The van der Waals surface area contributed by atoms with Gasteiger partial charge in [0.25, 0.3) is 14.1 Å². The van der Waals surface area contributed by atoms with Gasteiger partial charge < -0.3 is 32.7 Å². The predicted octanol–water partition coefficient (Wildman–Crippen LogP) is 5.87. The van der Waals surface area contributed by atoms with Crippen LogP contribution in [0.1, 0.15) is 62.6 Å². The van der Waals surface area contributed by atoms with Crippen LogP contribution in [-0.2, 0) is 28.9 Å². The minimum atomic E-state index is -1.80. The Balaban J connectivity index is 1.50. The van der Waals surface area contributed by atoms with Gasteiger partial charge in [0.2, 0.25) is 0 Å². The molecule has 3 aromatic carbocycles. The summed E-state index contributed by atoms with van der Waals surface area (Å²) in [5.74, 6) is 3.69. The van der Waals surface area contributed by atoms with Crippen molar-refractivity contribution in [2.75, 3.05) is 34.0 Å². The fourth-order valence-electron chi connectivity index (χ4n) is 7.35. The summed E-state index contributed by atoms with van der Waals surface area (Å²) in [6, 6.07) is 27.3. The Morgan fingerprint density at radius 3 is 2.09 bits per heavy atom. The number of nitriles is 1. The Labute approximate surface area is 328 Å². The summed E-state index contributed by atoms with van der Waals surface area (Å²) < 4.78 is 48.5. The molecule has 1 aromatic heterocycles. The van der Waals surface area contributed by atoms with Crippen molar-refractivity contribution >= 4 is 8.53 Å². The summed E-state index contributed by atoms with van der Waals surface area (Å²) in [6.07, 6.45) is 4.33. The van der Waals surface area contributed by atoms with Crippen molar-refractivity contribution in [3.8, 4) is 29.9 Å². The molecule has 2 aliphatic heterocycles. The van der Waals surface area contributed by atoms with Crippen molar-refractivity contribution in [3.63, 3.8) is 0 Å². The molecule has 2 bridgehead atoms. The molecule has 4 aromatic rings. The summed E-state index contributed by atoms with van der Waals surface area (Å²) in [4.78, 5) is 28.2. The number of hydrogen-bond acceptors (Lipinski definition) is 11. The van der Waals surface area contributed by atoms with Gasteiger partial charge in [-0.3, -0.25) is 14.3 Å². The predicted molar refractivity (Wildman–Crippen MR) is 210 cm³/mol. The highest BCUT2D eigenvalue weighted by Gasteiger charge is 2.65. The van der Waals surface area contributed by atoms with E-state index >= 15 is 0 Å². The van der Waals surface area contributed by atoms with E-state index in [4.69, 9.17) is 39.2 Å². The average molecular weight is 783 g/mol. The largest absolute Gasteiger partial charge is 0.497 e. The number of rotatable bonds is 17. The van der Waals surface area contributed by atoms with Crippen LogP contribution in [0, 0.1) is 23.7 Å². The molecule has 0 spiro atoms. The first-order valence-corrected chi connectivity index (χ1v) is 19.5. The molecule has 0 radical (unpaired) electrons. The van der Waals surface area contributed by atoms with E-state index in [9.17, 15) is 14.9 Å². The zero-order chi connectivity index (χ0) is 40.0. The molecule has 294 valence electrons. The standard InChI is InChI=1S/C42H47N4O9P/c1-8-30-25-45(40(48)44-38(30)47)39-36-37(55-56(53-24-12-23-43)46(28(2)3)29(4)5)41(54-39,26-51-36)27-52-42(31-13-10-9-11-14-31,32-15-19-34(49-6)20-16-32)33-17-21-35(50-7)22-18-33/h1,9-11,13-22,25,28-29,36-37,39H,12,24,26-27H2,2-7H3,(H,44,47,48)/t36-,37+,39+,41-,56?/m0/s1. The average Bonchev–Trinajstić information content (AvgIpc) is 3.69. The molecule has 1 N–H and O–H groups in total. The number of hydrogen-bond donors (Lipinski definition) is 1. The van der Waals surface area contributed by atoms with E-state index in [0.717, 1.165) is 16.7 Å². The van der Waals surface area contributed by atoms with Crippen LogP contribution in [0.2, 0.25) is 0 Å². The Bertz CT molecular complexity index is 2090. The smallest absolute Gasteiger partial charge is 0.330 e. The quantitative estimate of drug-likeness (QED) is 0.0594. The van der Waals surface area contributed by atoms with Crippen LogP contribution in [0.3, 0.4) is 0 Å². The first-order valence-electron chi connectivity index (χ1n) is 18.4. The fraction of sp³-hybridized carbons (Fsp3) is 0.405. The van der Waals surface area contributed by atoms with Crippen LogP contribution >= 0.6 is 8.53 Å². The molecule has 13 nitrogen and oxygen atoms in total. The molecule has 0 amide bonds. The third-order valence-electron chi connectivity index (χ3n) is 9.94. The van der Waals surface area contributed by atoms with Crippen molar-refractivity contribution in [1.82, 2.24) is 14.2 Å². The van der Waals surface area contributed by atoms with Crippen molar-refractivity contribution in [2.45, 2.75) is 75.8 Å². The topological polar surface area (TPSA) is 146 Å². The van der Waals surface area contributed by atoms with Crippen LogP contribution in [0.5, 0.6) is 11.5 Å². The van der Waals surface area contributed by atoms with Gasteiger partial charge in [-0.25, -0.2) is 9.46 Å². The lowest BCUT2D eigenvalue weighted by Gasteiger charge is -2.41. The van der Waals surface area contributed by atoms with Gasteiger partial charge in [0.05, 0.1) is 46.5 Å². The molecule has 0 saturated carbocycles. The van der Waals surface area contributed by atoms with Gasteiger partial charge in [0.1, 0.15) is 40.5 Å². The molecule has 2 fully saturated rings. The van der Waals surface area contributed by atoms with Crippen molar-refractivity contribution < 1.29 is 32.7 Å².